The highest BCUT2D eigenvalue weighted by atomic mass is 19.1. The van der Waals surface area contributed by atoms with Crippen LogP contribution in [-0.4, -0.2) is 49.1 Å². The summed E-state index contributed by atoms with van der Waals surface area (Å²) in [5.74, 6) is -0.594. The van der Waals surface area contributed by atoms with Gasteiger partial charge in [-0.05, 0) is 12.0 Å². The van der Waals surface area contributed by atoms with E-state index in [-0.39, 0.29) is 18.9 Å². The number of alkyl halides is 1. The zero-order chi connectivity index (χ0) is 18.3. The van der Waals surface area contributed by atoms with E-state index in [9.17, 15) is 14.0 Å². The molecule has 25 heavy (non-hydrogen) atoms. The molecule has 1 N–H and O–H groups in total. The summed E-state index contributed by atoms with van der Waals surface area (Å²) in [6.45, 7) is 5.89. The standard InChI is InChI=1S/C19H27FN2O3/c1-19(2,12-17(23)25-14-15-6-4-3-5-7-15)18(24)21-9-11-22-10-8-16(20)13-22/h3-7,16H,8-14H2,1-2H3,(H,21,24)/t16-/m1/s1. The number of hydrogen-bond acceptors (Lipinski definition) is 4. The van der Waals surface area contributed by atoms with Crippen LogP contribution in [0.3, 0.4) is 0 Å². The van der Waals surface area contributed by atoms with Crippen LogP contribution in [0.15, 0.2) is 30.3 Å². The average Bonchev–Trinajstić information content (AvgIpc) is 2.99. The van der Waals surface area contributed by atoms with Crippen molar-refractivity contribution in [3.63, 3.8) is 0 Å². The molecule has 1 atom stereocenters. The molecule has 1 saturated heterocycles. The van der Waals surface area contributed by atoms with E-state index >= 15 is 0 Å². The lowest BCUT2D eigenvalue weighted by molar-refractivity contribution is -0.150. The fourth-order valence-corrected chi connectivity index (χ4v) is 2.79. The molecule has 1 aromatic carbocycles. The van der Waals surface area contributed by atoms with Crippen molar-refractivity contribution in [3.05, 3.63) is 35.9 Å². The Morgan fingerprint density at radius 3 is 2.68 bits per heavy atom. The van der Waals surface area contributed by atoms with Gasteiger partial charge in [-0.2, -0.15) is 0 Å². The van der Waals surface area contributed by atoms with Crippen LogP contribution >= 0.6 is 0 Å². The molecule has 138 valence electrons. The lowest BCUT2D eigenvalue weighted by Gasteiger charge is -2.23. The predicted molar refractivity (Wildman–Crippen MR) is 93.6 cm³/mol. The molecule has 0 spiro atoms. The third-order valence-electron chi connectivity index (χ3n) is 4.37. The van der Waals surface area contributed by atoms with E-state index in [4.69, 9.17) is 4.74 Å². The highest BCUT2D eigenvalue weighted by Crippen LogP contribution is 2.21. The SMILES string of the molecule is CC(C)(CC(=O)OCc1ccccc1)C(=O)NCCN1CC[C@@H](F)C1. The van der Waals surface area contributed by atoms with Crippen molar-refractivity contribution in [2.45, 2.75) is 39.5 Å². The minimum absolute atomic E-state index is 0.0158. The Morgan fingerprint density at radius 2 is 2.04 bits per heavy atom. The van der Waals surface area contributed by atoms with E-state index in [1.54, 1.807) is 13.8 Å². The second-order valence-corrected chi connectivity index (χ2v) is 7.15. The quantitative estimate of drug-likeness (QED) is 0.731. The summed E-state index contributed by atoms with van der Waals surface area (Å²) < 4.78 is 18.3. The summed E-state index contributed by atoms with van der Waals surface area (Å²) in [4.78, 5) is 26.3. The molecule has 0 radical (unpaired) electrons. The second-order valence-electron chi connectivity index (χ2n) is 7.15. The van der Waals surface area contributed by atoms with Crippen molar-refractivity contribution in [1.82, 2.24) is 10.2 Å². The number of likely N-dealkylation sites (tertiary alicyclic amines) is 1. The van der Waals surface area contributed by atoms with Gasteiger partial charge in [-0.25, -0.2) is 4.39 Å². The van der Waals surface area contributed by atoms with E-state index in [1.807, 2.05) is 35.2 Å². The first-order valence-electron chi connectivity index (χ1n) is 8.71. The van der Waals surface area contributed by atoms with Crippen LogP contribution in [0.1, 0.15) is 32.3 Å². The summed E-state index contributed by atoms with van der Waals surface area (Å²) in [6.07, 6.45) is -0.180. The normalized spacial score (nSPS) is 18.1. The lowest BCUT2D eigenvalue weighted by Crippen LogP contribution is -2.42. The number of halogens is 1. The Kier molecular flexibility index (Phi) is 6.93. The largest absolute Gasteiger partial charge is 0.461 e. The Hall–Kier alpha value is -1.95. The molecule has 1 aliphatic rings. The first kappa shape index (κ1) is 19.4. The molecule has 1 fully saturated rings. The molecule has 0 aromatic heterocycles. The Morgan fingerprint density at radius 1 is 1.32 bits per heavy atom. The topological polar surface area (TPSA) is 58.6 Å². The average molecular weight is 350 g/mol. The molecule has 1 amide bonds. The van der Waals surface area contributed by atoms with Crippen LogP contribution in [0.5, 0.6) is 0 Å². The summed E-state index contributed by atoms with van der Waals surface area (Å²) in [7, 11) is 0. The molecule has 5 nitrogen and oxygen atoms in total. The smallest absolute Gasteiger partial charge is 0.307 e. The second kappa shape index (κ2) is 8.94. The van der Waals surface area contributed by atoms with E-state index in [1.165, 1.54) is 0 Å². The molecule has 1 aromatic rings. The summed E-state index contributed by atoms with van der Waals surface area (Å²) in [5, 5.41) is 2.83. The Labute approximate surface area is 148 Å². The van der Waals surface area contributed by atoms with E-state index in [0.717, 1.165) is 12.1 Å². The van der Waals surface area contributed by atoms with Crippen molar-refractivity contribution in [2.75, 3.05) is 26.2 Å². The first-order chi connectivity index (χ1) is 11.9. The summed E-state index contributed by atoms with van der Waals surface area (Å²) in [5.41, 5.74) is 0.0661. The van der Waals surface area contributed by atoms with Crippen molar-refractivity contribution >= 4 is 11.9 Å². The van der Waals surface area contributed by atoms with Crippen LogP contribution < -0.4 is 5.32 Å². The molecule has 0 bridgehead atoms. The van der Waals surface area contributed by atoms with Crippen LogP contribution in [0, 0.1) is 5.41 Å². The van der Waals surface area contributed by atoms with Gasteiger partial charge in [0.25, 0.3) is 0 Å². The zero-order valence-corrected chi connectivity index (χ0v) is 15.0. The van der Waals surface area contributed by atoms with Crippen molar-refractivity contribution < 1.29 is 18.7 Å². The maximum Gasteiger partial charge on any atom is 0.307 e. The maximum absolute atomic E-state index is 13.1. The van der Waals surface area contributed by atoms with Gasteiger partial charge in [0.2, 0.25) is 5.91 Å². The molecule has 6 heteroatoms. The van der Waals surface area contributed by atoms with Crippen LogP contribution in [0.25, 0.3) is 0 Å². The number of esters is 1. The van der Waals surface area contributed by atoms with Crippen LogP contribution in [-0.2, 0) is 20.9 Å². The number of amides is 1. The molecule has 1 heterocycles. The summed E-state index contributed by atoms with van der Waals surface area (Å²) >= 11 is 0. The number of rotatable bonds is 8. The highest BCUT2D eigenvalue weighted by molar-refractivity contribution is 5.86. The predicted octanol–water partition coefficient (Wildman–Crippen LogP) is 2.31. The van der Waals surface area contributed by atoms with Crippen molar-refractivity contribution in [2.24, 2.45) is 5.41 Å². The van der Waals surface area contributed by atoms with Gasteiger partial charge >= 0.3 is 5.97 Å². The lowest BCUT2D eigenvalue weighted by atomic mass is 9.88. The Bertz CT molecular complexity index is 577. The minimum atomic E-state index is -0.846. The van der Waals surface area contributed by atoms with Gasteiger partial charge in [-0.1, -0.05) is 44.2 Å². The zero-order valence-electron chi connectivity index (χ0n) is 15.0. The third-order valence-corrected chi connectivity index (χ3v) is 4.37. The number of nitrogens with zero attached hydrogens (tertiary/aromatic N) is 1. The van der Waals surface area contributed by atoms with Gasteiger partial charge in [0, 0.05) is 26.2 Å². The summed E-state index contributed by atoms with van der Waals surface area (Å²) in [6, 6.07) is 9.42. The number of carbonyl (C=O) groups is 2. The van der Waals surface area contributed by atoms with Gasteiger partial charge < -0.3 is 10.1 Å². The molecule has 2 rings (SSSR count). The van der Waals surface area contributed by atoms with E-state index in [0.29, 0.717) is 26.1 Å². The fourth-order valence-electron chi connectivity index (χ4n) is 2.79. The van der Waals surface area contributed by atoms with Gasteiger partial charge in [0.1, 0.15) is 12.8 Å². The number of ether oxygens (including phenoxy) is 1. The maximum atomic E-state index is 13.1. The highest BCUT2D eigenvalue weighted by Gasteiger charge is 2.31. The van der Waals surface area contributed by atoms with Gasteiger partial charge in [-0.15, -0.1) is 0 Å². The molecular weight excluding hydrogens is 323 g/mol. The number of nitrogens with one attached hydrogen (secondary N) is 1. The molecule has 0 unspecified atom stereocenters. The van der Waals surface area contributed by atoms with Crippen molar-refractivity contribution in [1.29, 1.82) is 0 Å². The van der Waals surface area contributed by atoms with Crippen LogP contribution in [0.4, 0.5) is 4.39 Å². The molecular formula is C19H27FN2O3. The monoisotopic (exact) mass is 350 g/mol. The van der Waals surface area contributed by atoms with E-state index in [2.05, 4.69) is 5.32 Å². The molecule has 0 aliphatic carbocycles. The minimum Gasteiger partial charge on any atom is -0.461 e. The van der Waals surface area contributed by atoms with Gasteiger partial charge in [-0.3, -0.25) is 14.5 Å². The fraction of sp³-hybridized carbons (Fsp3) is 0.579. The van der Waals surface area contributed by atoms with Gasteiger partial charge in [0.05, 0.1) is 11.8 Å². The van der Waals surface area contributed by atoms with E-state index < -0.39 is 17.6 Å². The Balaban J connectivity index is 1.69. The van der Waals surface area contributed by atoms with Gasteiger partial charge in [0.15, 0.2) is 0 Å². The first-order valence-corrected chi connectivity index (χ1v) is 8.71. The number of hydrogen-bond donors (Lipinski definition) is 1. The number of benzene rings is 1. The number of carbonyl (C=O) groups excluding carboxylic acids is 2. The molecule has 0 saturated carbocycles. The third kappa shape index (κ3) is 6.46. The van der Waals surface area contributed by atoms with Crippen LogP contribution in [0.2, 0.25) is 0 Å². The molecule has 1 aliphatic heterocycles. The van der Waals surface area contributed by atoms with Crippen molar-refractivity contribution in [3.8, 4) is 0 Å².